The molecule has 0 aliphatic heterocycles. The fourth-order valence-corrected chi connectivity index (χ4v) is 2.08. The zero-order chi connectivity index (χ0) is 13.2. The normalized spacial score (nSPS) is 12.9. The first-order valence-electron chi connectivity index (χ1n) is 6.35. The van der Waals surface area contributed by atoms with Crippen LogP contribution >= 0.6 is 0 Å². The maximum atomic E-state index is 5.97. The lowest BCUT2D eigenvalue weighted by atomic mass is 10.1. The van der Waals surface area contributed by atoms with Gasteiger partial charge in [-0.2, -0.15) is 4.98 Å². The van der Waals surface area contributed by atoms with Gasteiger partial charge in [0.1, 0.15) is 11.8 Å². The summed E-state index contributed by atoms with van der Waals surface area (Å²) in [7, 11) is 0. The highest BCUT2D eigenvalue weighted by Crippen LogP contribution is 2.29. The minimum atomic E-state index is -0.204. The molecular formula is C14H15N3O2. The molecule has 2 N–H and O–H groups in total. The van der Waals surface area contributed by atoms with E-state index in [1.165, 1.54) is 0 Å². The fraction of sp³-hybridized carbons (Fsp3) is 0.286. The fourth-order valence-electron chi connectivity index (χ4n) is 2.08. The average molecular weight is 257 g/mol. The number of rotatable bonds is 4. The second-order valence-corrected chi connectivity index (χ2v) is 4.50. The van der Waals surface area contributed by atoms with E-state index in [1.807, 2.05) is 24.3 Å². The number of furan rings is 1. The summed E-state index contributed by atoms with van der Waals surface area (Å²) >= 11 is 0. The molecule has 5 heteroatoms. The van der Waals surface area contributed by atoms with Crippen molar-refractivity contribution in [1.29, 1.82) is 0 Å². The summed E-state index contributed by atoms with van der Waals surface area (Å²) in [6.07, 6.45) is 3.45. The standard InChI is InChI=1S/C14H15N3O2/c1-2-5-11(15)14-16-13(17-19-14)10-8-18-12-7-4-3-6-9(10)12/h3-4,6-8,11H,2,5,15H2,1H3. The number of benzene rings is 1. The zero-order valence-electron chi connectivity index (χ0n) is 10.7. The molecule has 2 aromatic heterocycles. The van der Waals surface area contributed by atoms with Crippen molar-refractivity contribution in [3.05, 3.63) is 36.4 Å². The van der Waals surface area contributed by atoms with Gasteiger partial charge in [-0.1, -0.05) is 36.7 Å². The second kappa shape index (κ2) is 4.85. The molecule has 0 saturated heterocycles. The van der Waals surface area contributed by atoms with Crippen LogP contribution < -0.4 is 5.73 Å². The van der Waals surface area contributed by atoms with Gasteiger partial charge >= 0.3 is 0 Å². The molecule has 0 bridgehead atoms. The zero-order valence-corrected chi connectivity index (χ0v) is 10.7. The minimum absolute atomic E-state index is 0.204. The van der Waals surface area contributed by atoms with Gasteiger partial charge in [0.15, 0.2) is 0 Å². The van der Waals surface area contributed by atoms with Crippen LogP contribution in [0.4, 0.5) is 0 Å². The molecule has 3 aromatic rings. The summed E-state index contributed by atoms with van der Waals surface area (Å²) in [5.41, 5.74) is 7.60. The van der Waals surface area contributed by atoms with E-state index in [4.69, 9.17) is 14.7 Å². The molecule has 2 heterocycles. The Kier molecular flexibility index (Phi) is 3.05. The molecule has 0 fully saturated rings. The van der Waals surface area contributed by atoms with Crippen molar-refractivity contribution in [2.24, 2.45) is 5.73 Å². The first-order chi connectivity index (χ1) is 9.29. The van der Waals surface area contributed by atoms with E-state index in [9.17, 15) is 0 Å². The molecule has 5 nitrogen and oxygen atoms in total. The van der Waals surface area contributed by atoms with E-state index < -0.39 is 0 Å². The Morgan fingerprint density at radius 3 is 3.00 bits per heavy atom. The lowest BCUT2D eigenvalue weighted by molar-refractivity contribution is 0.348. The SMILES string of the molecule is CCCC(N)c1nc(-c2coc3ccccc23)no1. The van der Waals surface area contributed by atoms with Crippen LogP contribution in [0.5, 0.6) is 0 Å². The molecule has 19 heavy (non-hydrogen) atoms. The summed E-state index contributed by atoms with van der Waals surface area (Å²) in [6, 6.07) is 7.54. The molecule has 1 atom stereocenters. The molecule has 98 valence electrons. The van der Waals surface area contributed by atoms with Crippen molar-refractivity contribution >= 4 is 11.0 Å². The number of hydrogen-bond donors (Lipinski definition) is 1. The Balaban J connectivity index is 1.98. The topological polar surface area (TPSA) is 78.1 Å². The van der Waals surface area contributed by atoms with Crippen molar-refractivity contribution < 1.29 is 8.94 Å². The van der Waals surface area contributed by atoms with Crippen molar-refractivity contribution in [1.82, 2.24) is 10.1 Å². The van der Waals surface area contributed by atoms with Gasteiger partial charge in [-0.25, -0.2) is 0 Å². The van der Waals surface area contributed by atoms with Gasteiger partial charge in [0.2, 0.25) is 11.7 Å². The molecule has 0 aliphatic carbocycles. The third-order valence-electron chi connectivity index (χ3n) is 3.08. The van der Waals surface area contributed by atoms with Crippen molar-refractivity contribution in [3.63, 3.8) is 0 Å². The van der Waals surface area contributed by atoms with Crippen LogP contribution in [0.2, 0.25) is 0 Å². The van der Waals surface area contributed by atoms with Crippen molar-refractivity contribution in [2.45, 2.75) is 25.8 Å². The number of nitrogens with zero attached hydrogens (tertiary/aromatic N) is 2. The second-order valence-electron chi connectivity index (χ2n) is 4.50. The first-order valence-corrected chi connectivity index (χ1v) is 6.35. The van der Waals surface area contributed by atoms with Crippen molar-refractivity contribution in [2.75, 3.05) is 0 Å². The van der Waals surface area contributed by atoms with E-state index in [-0.39, 0.29) is 6.04 Å². The molecule has 1 aromatic carbocycles. The summed E-state index contributed by atoms with van der Waals surface area (Å²) in [5.74, 6) is 0.994. The Morgan fingerprint density at radius 1 is 1.32 bits per heavy atom. The molecule has 0 aliphatic rings. The molecular weight excluding hydrogens is 242 g/mol. The molecule has 0 amide bonds. The summed E-state index contributed by atoms with van der Waals surface area (Å²) in [4.78, 5) is 4.36. The van der Waals surface area contributed by atoms with Crippen LogP contribution in [0.1, 0.15) is 31.7 Å². The van der Waals surface area contributed by atoms with E-state index >= 15 is 0 Å². The highest BCUT2D eigenvalue weighted by atomic mass is 16.5. The first kappa shape index (κ1) is 11.9. The number of hydrogen-bond acceptors (Lipinski definition) is 5. The van der Waals surface area contributed by atoms with E-state index in [0.717, 1.165) is 29.4 Å². The molecule has 0 spiro atoms. The number of fused-ring (bicyclic) bond motifs is 1. The Hall–Kier alpha value is -2.14. The quantitative estimate of drug-likeness (QED) is 0.776. The number of aromatic nitrogens is 2. The third kappa shape index (κ3) is 2.13. The molecule has 3 rings (SSSR count). The predicted molar refractivity (Wildman–Crippen MR) is 71.3 cm³/mol. The number of nitrogens with two attached hydrogens (primary N) is 1. The van der Waals surface area contributed by atoms with Gasteiger partial charge in [0.25, 0.3) is 0 Å². The van der Waals surface area contributed by atoms with Gasteiger partial charge in [-0.15, -0.1) is 0 Å². The van der Waals surface area contributed by atoms with Gasteiger partial charge in [-0.3, -0.25) is 0 Å². The maximum Gasteiger partial charge on any atom is 0.243 e. The summed E-state index contributed by atoms with van der Waals surface area (Å²) in [5, 5.41) is 4.96. The van der Waals surface area contributed by atoms with Gasteiger partial charge in [-0.05, 0) is 12.5 Å². The van der Waals surface area contributed by atoms with Crippen LogP contribution in [0.25, 0.3) is 22.4 Å². The van der Waals surface area contributed by atoms with Crippen LogP contribution in [-0.2, 0) is 0 Å². The molecule has 1 unspecified atom stereocenters. The average Bonchev–Trinajstić information content (AvgIpc) is 3.05. The monoisotopic (exact) mass is 257 g/mol. The highest BCUT2D eigenvalue weighted by Gasteiger charge is 2.17. The largest absolute Gasteiger partial charge is 0.464 e. The van der Waals surface area contributed by atoms with Gasteiger partial charge in [0.05, 0.1) is 11.6 Å². The lowest BCUT2D eigenvalue weighted by Crippen LogP contribution is -2.09. The molecule has 0 saturated carbocycles. The van der Waals surface area contributed by atoms with Gasteiger partial charge in [0, 0.05) is 5.39 Å². The third-order valence-corrected chi connectivity index (χ3v) is 3.08. The van der Waals surface area contributed by atoms with Crippen LogP contribution in [0, 0.1) is 0 Å². The Bertz CT molecular complexity index is 687. The Morgan fingerprint density at radius 2 is 2.16 bits per heavy atom. The van der Waals surface area contributed by atoms with Crippen LogP contribution in [-0.4, -0.2) is 10.1 Å². The summed E-state index contributed by atoms with van der Waals surface area (Å²) in [6.45, 7) is 2.07. The maximum absolute atomic E-state index is 5.97. The predicted octanol–water partition coefficient (Wildman–Crippen LogP) is 3.28. The van der Waals surface area contributed by atoms with E-state index in [2.05, 4.69) is 17.1 Å². The highest BCUT2D eigenvalue weighted by molar-refractivity contribution is 5.91. The van der Waals surface area contributed by atoms with Crippen LogP contribution in [0.3, 0.4) is 0 Å². The molecule has 0 radical (unpaired) electrons. The number of para-hydroxylation sites is 1. The van der Waals surface area contributed by atoms with Crippen molar-refractivity contribution in [3.8, 4) is 11.4 Å². The van der Waals surface area contributed by atoms with E-state index in [1.54, 1.807) is 6.26 Å². The lowest BCUT2D eigenvalue weighted by Gasteiger charge is -2.01. The minimum Gasteiger partial charge on any atom is -0.464 e. The smallest absolute Gasteiger partial charge is 0.243 e. The summed E-state index contributed by atoms with van der Waals surface area (Å²) < 4.78 is 10.7. The van der Waals surface area contributed by atoms with Gasteiger partial charge < -0.3 is 14.7 Å². The van der Waals surface area contributed by atoms with Crippen LogP contribution in [0.15, 0.2) is 39.5 Å². The van der Waals surface area contributed by atoms with E-state index in [0.29, 0.717) is 11.7 Å². The Labute approximate surface area is 110 Å².